The molecule has 2 aliphatic rings. The minimum absolute atomic E-state index is 0.175. The summed E-state index contributed by atoms with van der Waals surface area (Å²) in [6.45, 7) is 8.82. The van der Waals surface area contributed by atoms with Crippen LogP contribution in [0, 0.1) is 11.3 Å². The molecule has 3 nitrogen and oxygen atoms in total. The van der Waals surface area contributed by atoms with Gasteiger partial charge in [-0.3, -0.25) is 0 Å². The number of hydrogen-bond acceptors (Lipinski definition) is 1. The Morgan fingerprint density at radius 2 is 1.89 bits per heavy atom. The predicted molar refractivity (Wildman–Crippen MR) is 74.5 cm³/mol. The summed E-state index contributed by atoms with van der Waals surface area (Å²) in [5, 5.41) is 3.22. The van der Waals surface area contributed by atoms with Gasteiger partial charge in [-0.1, -0.05) is 20.8 Å². The number of nitrogens with zero attached hydrogens (tertiary/aromatic N) is 1. The zero-order valence-electron chi connectivity index (χ0n) is 12.2. The van der Waals surface area contributed by atoms with E-state index in [9.17, 15) is 4.79 Å². The first-order valence-electron chi connectivity index (χ1n) is 7.49. The third-order valence-electron chi connectivity index (χ3n) is 4.16. The van der Waals surface area contributed by atoms with E-state index in [0.29, 0.717) is 11.5 Å². The molecule has 2 atom stereocenters. The minimum Gasteiger partial charge on any atom is -0.335 e. The van der Waals surface area contributed by atoms with Gasteiger partial charge in [0.15, 0.2) is 0 Å². The normalized spacial score (nSPS) is 28.7. The lowest BCUT2D eigenvalue weighted by atomic mass is 9.84. The van der Waals surface area contributed by atoms with E-state index in [4.69, 9.17) is 0 Å². The average molecular weight is 252 g/mol. The molecule has 3 heteroatoms. The fraction of sp³-hybridized carbons (Fsp3) is 0.933. The maximum absolute atomic E-state index is 12.0. The first-order chi connectivity index (χ1) is 8.44. The second-order valence-corrected chi connectivity index (χ2v) is 7.28. The Hall–Kier alpha value is -0.730. The molecule has 1 N–H and O–H groups in total. The Labute approximate surface area is 111 Å². The van der Waals surface area contributed by atoms with Gasteiger partial charge in [0.1, 0.15) is 0 Å². The summed E-state index contributed by atoms with van der Waals surface area (Å²) in [4.78, 5) is 14.0. The smallest absolute Gasteiger partial charge is 0.317 e. The number of hydrogen-bond donors (Lipinski definition) is 1. The third-order valence-corrected chi connectivity index (χ3v) is 4.16. The molecule has 1 saturated heterocycles. The molecular weight excluding hydrogens is 224 g/mol. The van der Waals surface area contributed by atoms with Crippen LogP contribution in [0.25, 0.3) is 0 Å². The van der Waals surface area contributed by atoms with E-state index < -0.39 is 0 Å². The van der Waals surface area contributed by atoms with E-state index in [1.807, 2.05) is 4.90 Å². The van der Waals surface area contributed by atoms with Crippen molar-refractivity contribution >= 4 is 6.03 Å². The molecule has 2 fully saturated rings. The Morgan fingerprint density at radius 3 is 2.50 bits per heavy atom. The van der Waals surface area contributed by atoms with Crippen molar-refractivity contribution in [2.75, 3.05) is 13.1 Å². The van der Waals surface area contributed by atoms with Crippen LogP contribution in [0.3, 0.4) is 0 Å². The number of amides is 2. The molecule has 1 aliphatic heterocycles. The fourth-order valence-corrected chi connectivity index (χ4v) is 3.44. The van der Waals surface area contributed by atoms with Crippen LogP contribution in [-0.4, -0.2) is 30.1 Å². The van der Waals surface area contributed by atoms with Gasteiger partial charge in [-0.15, -0.1) is 0 Å². The molecule has 2 amide bonds. The highest BCUT2D eigenvalue weighted by atomic mass is 16.2. The molecule has 2 unspecified atom stereocenters. The lowest BCUT2D eigenvalue weighted by Gasteiger charge is -2.23. The van der Waals surface area contributed by atoms with E-state index >= 15 is 0 Å². The number of carbonyl (C=O) groups excluding carboxylic acids is 1. The molecular formula is C15H28N2O. The SMILES string of the molecule is CC(C)(C)CC1CCC(NC(=O)N2CCCC2)C1. The van der Waals surface area contributed by atoms with Crippen molar-refractivity contribution in [2.24, 2.45) is 11.3 Å². The molecule has 0 aromatic heterocycles. The van der Waals surface area contributed by atoms with Crippen molar-refractivity contribution in [2.45, 2.75) is 65.3 Å². The van der Waals surface area contributed by atoms with Gasteiger partial charge in [-0.05, 0) is 49.9 Å². The maximum Gasteiger partial charge on any atom is 0.317 e. The highest BCUT2D eigenvalue weighted by Crippen LogP contribution is 2.35. The first kappa shape index (κ1) is 13.7. The topological polar surface area (TPSA) is 32.3 Å². The lowest BCUT2D eigenvalue weighted by Crippen LogP contribution is -2.42. The summed E-state index contributed by atoms with van der Waals surface area (Å²) in [6, 6.07) is 0.597. The molecule has 0 spiro atoms. The molecule has 0 radical (unpaired) electrons. The van der Waals surface area contributed by atoms with Crippen molar-refractivity contribution in [1.82, 2.24) is 10.2 Å². The van der Waals surface area contributed by atoms with Crippen molar-refractivity contribution < 1.29 is 4.79 Å². The number of likely N-dealkylation sites (tertiary alicyclic amines) is 1. The van der Waals surface area contributed by atoms with Gasteiger partial charge < -0.3 is 10.2 Å². The van der Waals surface area contributed by atoms with Crippen LogP contribution in [0.15, 0.2) is 0 Å². The first-order valence-corrected chi connectivity index (χ1v) is 7.49. The Morgan fingerprint density at radius 1 is 1.22 bits per heavy atom. The summed E-state index contributed by atoms with van der Waals surface area (Å²) in [5.74, 6) is 0.800. The third kappa shape index (κ3) is 3.89. The van der Waals surface area contributed by atoms with Crippen molar-refractivity contribution in [3.63, 3.8) is 0 Å². The van der Waals surface area contributed by atoms with Crippen LogP contribution in [0.5, 0.6) is 0 Å². The van der Waals surface area contributed by atoms with Crippen LogP contribution < -0.4 is 5.32 Å². The molecule has 18 heavy (non-hydrogen) atoms. The standard InChI is InChI=1S/C15H28N2O/c1-15(2,3)11-12-6-7-13(10-12)16-14(18)17-8-4-5-9-17/h12-13H,4-11H2,1-3H3,(H,16,18). The number of nitrogens with one attached hydrogen (secondary N) is 1. The summed E-state index contributed by atoms with van der Waals surface area (Å²) in [6.07, 6.45) is 7.25. The fourth-order valence-electron chi connectivity index (χ4n) is 3.44. The van der Waals surface area contributed by atoms with Crippen molar-refractivity contribution in [3.8, 4) is 0 Å². The molecule has 0 aromatic carbocycles. The largest absolute Gasteiger partial charge is 0.335 e. The van der Waals surface area contributed by atoms with E-state index in [1.54, 1.807) is 0 Å². The molecule has 2 rings (SSSR count). The predicted octanol–water partition coefficient (Wildman–Crippen LogP) is 3.40. The van der Waals surface area contributed by atoms with E-state index in [1.165, 1.54) is 38.5 Å². The Kier molecular flexibility index (Phi) is 4.18. The van der Waals surface area contributed by atoms with Crippen molar-refractivity contribution in [1.29, 1.82) is 0 Å². The summed E-state index contributed by atoms with van der Waals surface area (Å²) >= 11 is 0. The molecule has 0 bridgehead atoms. The average Bonchev–Trinajstić information content (AvgIpc) is 2.86. The monoisotopic (exact) mass is 252 g/mol. The summed E-state index contributed by atoms with van der Waals surface area (Å²) in [7, 11) is 0. The number of carbonyl (C=O) groups is 1. The van der Waals surface area contributed by atoms with Gasteiger partial charge in [-0.25, -0.2) is 4.79 Å². The van der Waals surface area contributed by atoms with Crippen LogP contribution in [0.4, 0.5) is 4.79 Å². The Balaban J connectivity index is 1.73. The maximum atomic E-state index is 12.0. The minimum atomic E-state index is 0.175. The number of rotatable bonds is 2. The van der Waals surface area contributed by atoms with Crippen LogP contribution >= 0.6 is 0 Å². The second kappa shape index (κ2) is 5.50. The molecule has 1 heterocycles. The van der Waals surface area contributed by atoms with Gasteiger partial charge in [0.25, 0.3) is 0 Å². The molecule has 1 saturated carbocycles. The van der Waals surface area contributed by atoms with Gasteiger partial charge >= 0.3 is 6.03 Å². The molecule has 1 aliphatic carbocycles. The van der Waals surface area contributed by atoms with Crippen LogP contribution in [0.1, 0.15) is 59.3 Å². The van der Waals surface area contributed by atoms with E-state index in [2.05, 4.69) is 26.1 Å². The van der Waals surface area contributed by atoms with Gasteiger partial charge in [0.2, 0.25) is 0 Å². The zero-order valence-corrected chi connectivity index (χ0v) is 12.2. The molecule has 104 valence electrons. The Bertz CT molecular complexity index is 289. The lowest BCUT2D eigenvalue weighted by molar-refractivity contribution is 0.204. The van der Waals surface area contributed by atoms with E-state index in [0.717, 1.165) is 19.0 Å². The van der Waals surface area contributed by atoms with Crippen LogP contribution in [-0.2, 0) is 0 Å². The van der Waals surface area contributed by atoms with Gasteiger partial charge in [0.05, 0.1) is 0 Å². The zero-order chi connectivity index (χ0) is 13.2. The highest BCUT2D eigenvalue weighted by Gasteiger charge is 2.30. The van der Waals surface area contributed by atoms with Crippen LogP contribution in [0.2, 0.25) is 0 Å². The molecule has 0 aromatic rings. The second-order valence-electron chi connectivity index (χ2n) is 7.28. The van der Waals surface area contributed by atoms with Gasteiger partial charge in [-0.2, -0.15) is 0 Å². The number of urea groups is 1. The summed E-state index contributed by atoms with van der Waals surface area (Å²) < 4.78 is 0. The summed E-state index contributed by atoms with van der Waals surface area (Å²) in [5.41, 5.74) is 0.415. The quantitative estimate of drug-likeness (QED) is 0.802. The van der Waals surface area contributed by atoms with Crippen molar-refractivity contribution in [3.05, 3.63) is 0 Å². The van der Waals surface area contributed by atoms with Gasteiger partial charge in [0, 0.05) is 19.1 Å². The van der Waals surface area contributed by atoms with E-state index in [-0.39, 0.29) is 6.03 Å². The highest BCUT2D eigenvalue weighted by molar-refractivity contribution is 5.74.